The van der Waals surface area contributed by atoms with Gasteiger partial charge in [-0.05, 0) is 18.9 Å². The molecule has 0 saturated carbocycles. The highest BCUT2D eigenvalue weighted by atomic mass is 16.6. The summed E-state index contributed by atoms with van der Waals surface area (Å²) in [7, 11) is 1.56. The number of carbonyl (C=O) groups is 1. The summed E-state index contributed by atoms with van der Waals surface area (Å²) in [5.41, 5.74) is -0.499. The third-order valence-corrected chi connectivity index (χ3v) is 3.44. The first kappa shape index (κ1) is 14.3. The van der Waals surface area contributed by atoms with Gasteiger partial charge in [0.1, 0.15) is 0 Å². The summed E-state index contributed by atoms with van der Waals surface area (Å²) in [4.78, 5) is 24.1. The molecule has 108 valence electrons. The van der Waals surface area contributed by atoms with Crippen molar-refractivity contribution < 1.29 is 19.6 Å². The standard InChI is InChI=1S/C13H16N2O5/c1-20-8-9-4-3-7-14(9)13(17)10-5-2-6-11(12(10)16)15(18)19/h2,5-6,9,16H,3-4,7-8H2,1H3. The van der Waals surface area contributed by atoms with Crippen LogP contribution in [0.3, 0.4) is 0 Å². The summed E-state index contributed by atoms with van der Waals surface area (Å²) in [5.74, 6) is -0.976. The second kappa shape index (κ2) is 5.87. The van der Waals surface area contributed by atoms with Crippen LogP contribution in [0.1, 0.15) is 23.2 Å². The fourth-order valence-electron chi connectivity index (χ4n) is 2.47. The molecule has 0 bridgehead atoms. The van der Waals surface area contributed by atoms with Gasteiger partial charge in [0.05, 0.1) is 23.1 Å². The van der Waals surface area contributed by atoms with Crippen LogP contribution in [0, 0.1) is 10.1 Å². The third-order valence-electron chi connectivity index (χ3n) is 3.44. The predicted octanol–water partition coefficient (Wildman–Crippen LogP) is 1.55. The molecule has 20 heavy (non-hydrogen) atoms. The van der Waals surface area contributed by atoms with E-state index in [1.54, 1.807) is 12.0 Å². The van der Waals surface area contributed by atoms with Crippen LogP contribution in [0.15, 0.2) is 18.2 Å². The quantitative estimate of drug-likeness (QED) is 0.667. The SMILES string of the molecule is COCC1CCCN1C(=O)c1cccc([N+](=O)[O-])c1O. The maximum absolute atomic E-state index is 12.4. The second-order valence-electron chi connectivity index (χ2n) is 4.68. The molecule has 1 N–H and O–H groups in total. The predicted molar refractivity (Wildman–Crippen MR) is 70.7 cm³/mol. The monoisotopic (exact) mass is 280 g/mol. The largest absolute Gasteiger partial charge is 0.502 e. The van der Waals surface area contributed by atoms with E-state index in [1.165, 1.54) is 18.2 Å². The van der Waals surface area contributed by atoms with Gasteiger partial charge in [0, 0.05) is 19.7 Å². The number of amides is 1. The van der Waals surface area contributed by atoms with Gasteiger partial charge < -0.3 is 14.7 Å². The Labute approximate surface area is 115 Å². The summed E-state index contributed by atoms with van der Waals surface area (Å²) in [6.45, 7) is 0.983. The van der Waals surface area contributed by atoms with Crippen LogP contribution >= 0.6 is 0 Å². The van der Waals surface area contributed by atoms with E-state index in [1.807, 2.05) is 0 Å². The number of ether oxygens (including phenoxy) is 1. The molecule has 1 fully saturated rings. The molecule has 7 nitrogen and oxygen atoms in total. The maximum Gasteiger partial charge on any atom is 0.311 e. The topological polar surface area (TPSA) is 92.9 Å². The van der Waals surface area contributed by atoms with E-state index in [2.05, 4.69) is 0 Å². The number of hydrogen-bond acceptors (Lipinski definition) is 5. The number of benzene rings is 1. The maximum atomic E-state index is 12.4. The number of aromatic hydroxyl groups is 1. The minimum Gasteiger partial charge on any atom is -0.502 e. The Morgan fingerprint density at radius 2 is 2.35 bits per heavy atom. The average molecular weight is 280 g/mol. The molecule has 0 aliphatic carbocycles. The molecular formula is C13H16N2O5. The van der Waals surface area contributed by atoms with E-state index in [9.17, 15) is 20.0 Å². The lowest BCUT2D eigenvalue weighted by Crippen LogP contribution is -2.38. The van der Waals surface area contributed by atoms with E-state index in [0.717, 1.165) is 12.8 Å². The van der Waals surface area contributed by atoms with Crippen LogP contribution in [0.5, 0.6) is 5.75 Å². The van der Waals surface area contributed by atoms with Gasteiger partial charge in [0.15, 0.2) is 0 Å². The van der Waals surface area contributed by atoms with Gasteiger partial charge in [-0.15, -0.1) is 0 Å². The number of nitrogens with zero attached hydrogens (tertiary/aromatic N) is 2. The van der Waals surface area contributed by atoms with Crippen molar-refractivity contribution in [3.63, 3.8) is 0 Å². The molecule has 1 heterocycles. The zero-order valence-electron chi connectivity index (χ0n) is 11.1. The molecule has 1 saturated heterocycles. The Morgan fingerprint density at radius 3 is 3.00 bits per heavy atom. The number of carbonyl (C=O) groups excluding carboxylic acids is 1. The smallest absolute Gasteiger partial charge is 0.311 e. The minimum absolute atomic E-state index is 0.0396. The molecule has 0 radical (unpaired) electrons. The summed E-state index contributed by atoms with van der Waals surface area (Å²) in [5, 5.41) is 20.7. The van der Waals surface area contributed by atoms with E-state index in [4.69, 9.17) is 4.74 Å². The van der Waals surface area contributed by atoms with E-state index in [0.29, 0.717) is 13.2 Å². The Bertz CT molecular complexity index is 531. The number of hydrogen-bond donors (Lipinski definition) is 1. The highest BCUT2D eigenvalue weighted by molar-refractivity contribution is 5.98. The first-order valence-electron chi connectivity index (χ1n) is 6.32. The summed E-state index contributed by atoms with van der Waals surface area (Å²) >= 11 is 0. The number of methoxy groups -OCH3 is 1. The normalized spacial score (nSPS) is 18.2. The van der Waals surface area contributed by atoms with Crippen LogP contribution in [-0.4, -0.2) is 47.1 Å². The molecule has 2 rings (SSSR count). The van der Waals surface area contributed by atoms with E-state index >= 15 is 0 Å². The molecule has 1 atom stereocenters. The fraction of sp³-hybridized carbons (Fsp3) is 0.462. The lowest BCUT2D eigenvalue weighted by Gasteiger charge is -2.24. The van der Waals surface area contributed by atoms with Crippen LogP contribution < -0.4 is 0 Å². The third kappa shape index (κ3) is 2.57. The molecule has 1 aliphatic heterocycles. The van der Waals surface area contributed by atoms with Crippen LogP contribution in [0.4, 0.5) is 5.69 Å². The molecule has 7 heteroatoms. The molecule has 1 aromatic carbocycles. The molecule has 1 unspecified atom stereocenters. The Balaban J connectivity index is 2.29. The summed E-state index contributed by atoms with van der Waals surface area (Å²) < 4.78 is 5.07. The van der Waals surface area contributed by atoms with Crippen molar-refractivity contribution in [2.24, 2.45) is 0 Å². The van der Waals surface area contributed by atoms with Gasteiger partial charge in [-0.25, -0.2) is 0 Å². The van der Waals surface area contributed by atoms with Crippen molar-refractivity contribution in [3.8, 4) is 5.75 Å². The lowest BCUT2D eigenvalue weighted by atomic mass is 10.1. The van der Waals surface area contributed by atoms with Crippen molar-refractivity contribution in [2.45, 2.75) is 18.9 Å². The Hall–Kier alpha value is -2.15. The van der Waals surface area contributed by atoms with Crippen LogP contribution in [0.25, 0.3) is 0 Å². The number of likely N-dealkylation sites (tertiary alicyclic amines) is 1. The van der Waals surface area contributed by atoms with Gasteiger partial charge in [-0.1, -0.05) is 6.07 Å². The highest BCUT2D eigenvalue weighted by Gasteiger charge is 2.32. The van der Waals surface area contributed by atoms with Crippen molar-refractivity contribution in [3.05, 3.63) is 33.9 Å². The number of phenolic OH excluding ortho intramolecular Hbond substituents is 1. The van der Waals surface area contributed by atoms with Crippen molar-refractivity contribution in [1.29, 1.82) is 0 Å². The van der Waals surface area contributed by atoms with Gasteiger partial charge in [-0.3, -0.25) is 14.9 Å². The molecule has 1 aromatic rings. The molecule has 0 spiro atoms. The van der Waals surface area contributed by atoms with Gasteiger partial charge in [-0.2, -0.15) is 0 Å². The molecule has 1 aliphatic rings. The number of nitro groups is 1. The number of rotatable bonds is 4. The van der Waals surface area contributed by atoms with Crippen LogP contribution in [-0.2, 0) is 4.74 Å². The number of para-hydroxylation sites is 1. The lowest BCUT2D eigenvalue weighted by molar-refractivity contribution is -0.385. The molecule has 0 aromatic heterocycles. The fourth-order valence-corrected chi connectivity index (χ4v) is 2.47. The summed E-state index contributed by atoms with van der Waals surface area (Å²) in [6, 6.07) is 3.91. The molecule has 1 amide bonds. The van der Waals surface area contributed by atoms with Gasteiger partial charge in [0.2, 0.25) is 5.75 Å². The first-order valence-corrected chi connectivity index (χ1v) is 6.32. The van der Waals surface area contributed by atoms with Crippen molar-refractivity contribution >= 4 is 11.6 Å². The van der Waals surface area contributed by atoms with Gasteiger partial charge in [0.25, 0.3) is 5.91 Å². The van der Waals surface area contributed by atoms with E-state index < -0.39 is 22.3 Å². The highest BCUT2D eigenvalue weighted by Crippen LogP contribution is 2.31. The zero-order chi connectivity index (χ0) is 14.7. The van der Waals surface area contributed by atoms with Crippen molar-refractivity contribution in [2.75, 3.05) is 20.3 Å². The van der Waals surface area contributed by atoms with Crippen molar-refractivity contribution in [1.82, 2.24) is 4.90 Å². The Morgan fingerprint density at radius 1 is 1.60 bits per heavy atom. The number of nitro benzene ring substituents is 1. The zero-order valence-corrected chi connectivity index (χ0v) is 11.1. The minimum atomic E-state index is -0.706. The summed E-state index contributed by atoms with van der Waals surface area (Å²) in [6.07, 6.45) is 1.69. The van der Waals surface area contributed by atoms with Gasteiger partial charge >= 0.3 is 5.69 Å². The van der Waals surface area contributed by atoms with Crippen LogP contribution in [0.2, 0.25) is 0 Å². The Kier molecular flexibility index (Phi) is 4.19. The number of phenols is 1. The molecular weight excluding hydrogens is 264 g/mol. The second-order valence-corrected chi connectivity index (χ2v) is 4.68. The first-order chi connectivity index (χ1) is 9.56. The average Bonchev–Trinajstić information content (AvgIpc) is 2.86. The van der Waals surface area contributed by atoms with E-state index in [-0.39, 0.29) is 11.6 Å².